The van der Waals surface area contributed by atoms with Gasteiger partial charge in [0.25, 0.3) is 0 Å². The lowest BCUT2D eigenvalue weighted by molar-refractivity contribution is 0.304. The summed E-state index contributed by atoms with van der Waals surface area (Å²) in [6.45, 7) is 4.69. The minimum Gasteiger partial charge on any atom is -0.489 e. The molecule has 21 heavy (non-hydrogen) atoms. The van der Waals surface area contributed by atoms with Crippen molar-refractivity contribution >= 4 is 0 Å². The molecule has 0 aliphatic rings. The van der Waals surface area contributed by atoms with Crippen LogP contribution in [0.1, 0.15) is 35.2 Å². The second-order valence-corrected chi connectivity index (χ2v) is 5.13. The van der Waals surface area contributed by atoms with Gasteiger partial charge < -0.3 is 10.1 Å². The van der Waals surface area contributed by atoms with Crippen LogP contribution >= 0.6 is 0 Å². The Morgan fingerprint density at radius 2 is 1.90 bits per heavy atom. The molecule has 2 rings (SSSR count). The van der Waals surface area contributed by atoms with Crippen LogP contribution in [0.15, 0.2) is 42.5 Å². The molecular weight excluding hydrogens is 260 g/mol. The van der Waals surface area contributed by atoms with Gasteiger partial charge in [0.15, 0.2) is 0 Å². The minimum atomic E-state index is 0.330. The van der Waals surface area contributed by atoms with E-state index in [9.17, 15) is 0 Å². The minimum absolute atomic E-state index is 0.330. The van der Waals surface area contributed by atoms with Crippen molar-refractivity contribution in [2.45, 2.75) is 26.5 Å². The highest BCUT2D eigenvalue weighted by atomic mass is 16.5. The maximum absolute atomic E-state index is 8.78. The van der Waals surface area contributed by atoms with E-state index in [1.807, 2.05) is 37.4 Å². The van der Waals surface area contributed by atoms with Crippen LogP contribution in [0.5, 0.6) is 5.75 Å². The summed E-state index contributed by atoms with van der Waals surface area (Å²) in [5.74, 6) is 0.895. The Balaban J connectivity index is 2.04. The van der Waals surface area contributed by atoms with Crippen molar-refractivity contribution in [2.75, 3.05) is 7.05 Å². The first-order chi connectivity index (χ1) is 10.1. The highest BCUT2D eigenvalue weighted by molar-refractivity contribution is 5.38. The lowest BCUT2D eigenvalue weighted by atomic mass is 10.1. The molecule has 108 valence electrons. The van der Waals surface area contributed by atoms with Gasteiger partial charge in [-0.05, 0) is 55.8 Å². The van der Waals surface area contributed by atoms with Gasteiger partial charge >= 0.3 is 0 Å². The van der Waals surface area contributed by atoms with Gasteiger partial charge in [0.05, 0.1) is 11.6 Å². The first-order valence-corrected chi connectivity index (χ1v) is 7.03. The van der Waals surface area contributed by atoms with Gasteiger partial charge in [-0.2, -0.15) is 5.26 Å². The molecule has 1 unspecified atom stereocenters. The Bertz CT molecular complexity index is 641. The summed E-state index contributed by atoms with van der Waals surface area (Å²) >= 11 is 0. The Morgan fingerprint density at radius 3 is 2.48 bits per heavy atom. The molecule has 1 N–H and O–H groups in total. The van der Waals surface area contributed by atoms with Crippen molar-refractivity contribution in [3.8, 4) is 11.8 Å². The van der Waals surface area contributed by atoms with E-state index in [0.29, 0.717) is 18.2 Å². The van der Waals surface area contributed by atoms with E-state index in [1.54, 1.807) is 0 Å². The van der Waals surface area contributed by atoms with Gasteiger partial charge in [0.1, 0.15) is 12.4 Å². The Hall–Kier alpha value is -2.31. The summed E-state index contributed by atoms with van der Waals surface area (Å²) in [6.07, 6.45) is 0. The zero-order valence-corrected chi connectivity index (χ0v) is 12.7. The van der Waals surface area contributed by atoms with E-state index in [1.165, 1.54) is 5.56 Å². The Labute approximate surface area is 126 Å². The molecule has 0 saturated carbocycles. The lowest BCUT2D eigenvalue weighted by Gasteiger charge is -2.14. The van der Waals surface area contributed by atoms with Gasteiger partial charge in [-0.1, -0.05) is 24.3 Å². The van der Waals surface area contributed by atoms with Crippen LogP contribution in [0.3, 0.4) is 0 Å². The predicted molar refractivity (Wildman–Crippen MR) is 84.1 cm³/mol. The number of hydrogen-bond acceptors (Lipinski definition) is 3. The first kappa shape index (κ1) is 15.1. The Kier molecular flexibility index (Phi) is 4.97. The molecule has 0 radical (unpaired) electrons. The second kappa shape index (κ2) is 6.92. The zero-order chi connectivity index (χ0) is 15.2. The molecule has 0 aliphatic heterocycles. The molecule has 2 aromatic carbocycles. The third-order valence-corrected chi connectivity index (χ3v) is 3.61. The number of nitrogens with zero attached hydrogens (tertiary/aromatic N) is 1. The normalized spacial score (nSPS) is 11.7. The molecule has 0 heterocycles. The second-order valence-electron chi connectivity index (χ2n) is 5.13. The molecule has 0 amide bonds. The third kappa shape index (κ3) is 3.84. The fraction of sp³-hybridized carbons (Fsp3) is 0.278. The molecular formula is C18H20N2O. The van der Waals surface area contributed by atoms with E-state index < -0.39 is 0 Å². The maximum Gasteiger partial charge on any atom is 0.122 e. The molecule has 0 spiro atoms. The van der Waals surface area contributed by atoms with Crippen LogP contribution in [-0.4, -0.2) is 7.05 Å². The standard InChI is InChI=1S/C18H20N2O/c1-13-10-17(14(2)20-3)8-9-18(13)21-12-16-6-4-15(11-19)5-7-16/h4-10,14,20H,12H2,1-3H3. The van der Waals surface area contributed by atoms with Gasteiger partial charge in [-0.3, -0.25) is 0 Å². The number of hydrogen-bond donors (Lipinski definition) is 1. The molecule has 1 atom stereocenters. The summed E-state index contributed by atoms with van der Waals surface area (Å²) in [5.41, 5.74) is 4.10. The molecule has 0 aromatic heterocycles. The Morgan fingerprint density at radius 1 is 1.19 bits per heavy atom. The van der Waals surface area contributed by atoms with Crippen LogP contribution in [-0.2, 0) is 6.61 Å². The molecule has 0 fully saturated rings. The molecule has 0 saturated heterocycles. The van der Waals surface area contributed by atoms with Crippen LogP contribution in [0.2, 0.25) is 0 Å². The van der Waals surface area contributed by atoms with E-state index >= 15 is 0 Å². The van der Waals surface area contributed by atoms with Crippen LogP contribution in [0, 0.1) is 18.3 Å². The van der Waals surface area contributed by atoms with E-state index in [2.05, 4.69) is 37.4 Å². The van der Waals surface area contributed by atoms with E-state index in [-0.39, 0.29) is 0 Å². The molecule has 3 heteroatoms. The molecule has 0 bridgehead atoms. The molecule has 0 aliphatic carbocycles. The molecule has 3 nitrogen and oxygen atoms in total. The SMILES string of the molecule is CNC(C)c1ccc(OCc2ccc(C#N)cc2)c(C)c1. The summed E-state index contributed by atoms with van der Waals surface area (Å²) < 4.78 is 5.86. The number of ether oxygens (including phenoxy) is 1. The van der Waals surface area contributed by atoms with Crippen molar-refractivity contribution in [1.29, 1.82) is 5.26 Å². The van der Waals surface area contributed by atoms with Gasteiger partial charge in [0, 0.05) is 6.04 Å². The van der Waals surface area contributed by atoms with Gasteiger partial charge in [0.2, 0.25) is 0 Å². The topological polar surface area (TPSA) is 45.0 Å². The van der Waals surface area contributed by atoms with Gasteiger partial charge in [-0.15, -0.1) is 0 Å². The fourth-order valence-electron chi connectivity index (χ4n) is 2.11. The van der Waals surface area contributed by atoms with E-state index in [4.69, 9.17) is 10.00 Å². The molecule has 2 aromatic rings. The fourth-order valence-corrected chi connectivity index (χ4v) is 2.11. The number of nitriles is 1. The van der Waals surface area contributed by atoms with Crippen molar-refractivity contribution in [1.82, 2.24) is 5.32 Å². The number of rotatable bonds is 5. The van der Waals surface area contributed by atoms with Crippen LogP contribution in [0.4, 0.5) is 0 Å². The number of aryl methyl sites for hydroxylation is 1. The predicted octanol–water partition coefficient (Wildman–Crippen LogP) is 3.73. The summed E-state index contributed by atoms with van der Waals surface area (Å²) in [7, 11) is 1.95. The van der Waals surface area contributed by atoms with Crippen molar-refractivity contribution in [3.63, 3.8) is 0 Å². The quantitative estimate of drug-likeness (QED) is 0.907. The zero-order valence-electron chi connectivity index (χ0n) is 12.7. The summed E-state index contributed by atoms with van der Waals surface area (Å²) in [4.78, 5) is 0. The van der Waals surface area contributed by atoms with Crippen molar-refractivity contribution in [2.24, 2.45) is 0 Å². The third-order valence-electron chi connectivity index (χ3n) is 3.61. The monoisotopic (exact) mass is 280 g/mol. The summed E-state index contributed by atoms with van der Waals surface area (Å²) in [6, 6.07) is 16.2. The number of benzene rings is 2. The van der Waals surface area contributed by atoms with Crippen molar-refractivity contribution < 1.29 is 4.74 Å². The van der Waals surface area contributed by atoms with Crippen LogP contribution in [0.25, 0.3) is 0 Å². The number of nitrogens with one attached hydrogen (secondary N) is 1. The first-order valence-electron chi connectivity index (χ1n) is 7.03. The average Bonchev–Trinajstić information content (AvgIpc) is 2.53. The summed E-state index contributed by atoms with van der Waals surface area (Å²) in [5, 5.41) is 12.0. The largest absolute Gasteiger partial charge is 0.489 e. The van der Waals surface area contributed by atoms with Crippen molar-refractivity contribution in [3.05, 3.63) is 64.7 Å². The van der Waals surface area contributed by atoms with Crippen LogP contribution < -0.4 is 10.1 Å². The lowest BCUT2D eigenvalue weighted by Crippen LogP contribution is -2.12. The van der Waals surface area contributed by atoms with Gasteiger partial charge in [-0.25, -0.2) is 0 Å². The highest BCUT2D eigenvalue weighted by Crippen LogP contribution is 2.23. The average molecular weight is 280 g/mol. The smallest absolute Gasteiger partial charge is 0.122 e. The maximum atomic E-state index is 8.78. The van der Waals surface area contributed by atoms with E-state index in [0.717, 1.165) is 16.9 Å². The highest BCUT2D eigenvalue weighted by Gasteiger charge is 2.06.